The van der Waals surface area contributed by atoms with Crippen molar-refractivity contribution in [1.29, 1.82) is 0 Å². The first kappa shape index (κ1) is 21.4. The minimum absolute atomic E-state index is 0.0774. The van der Waals surface area contributed by atoms with Crippen LogP contribution in [0.2, 0.25) is 0 Å². The summed E-state index contributed by atoms with van der Waals surface area (Å²) < 4.78 is 43.2. The van der Waals surface area contributed by atoms with Gasteiger partial charge in [-0.3, -0.25) is 4.79 Å². The molecule has 1 aromatic heterocycles. The van der Waals surface area contributed by atoms with Gasteiger partial charge in [0.1, 0.15) is 5.82 Å². The highest BCUT2D eigenvalue weighted by Gasteiger charge is 2.46. The fraction of sp³-hybridized carbons (Fsp3) is 0.273. The third-order valence-electron chi connectivity index (χ3n) is 5.46. The van der Waals surface area contributed by atoms with E-state index in [1.165, 1.54) is 6.07 Å². The lowest BCUT2D eigenvalue weighted by atomic mass is 9.97. The molecule has 1 amide bonds. The summed E-state index contributed by atoms with van der Waals surface area (Å²) in [4.78, 5) is 12.7. The molecule has 3 aromatic rings. The molecule has 9 heteroatoms. The lowest BCUT2D eigenvalue weighted by molar-refractivity contribution is -0.173. The Labute approximate surface area is 185 Å². The zero-order valence-corrected chi connectivity index (χ0v) is 18.4. The molecule has 2 unspecified atom stereocenters. The Kier molecular flexibility index (Phi) is 5.55. The zero-order valence-electron chi connectivity index (χ0n) is 16.8. The molecule has 1 aliphatic rings. The molecular weight excluding hydrogens is 473 g/mol. The van der Waals surface area contributed by atoms with Crippen LogP contribution in [0.25, 0.3) is 0 Å². The van der Waals surface area contributed by atoms with E-state index in [0.29, 0.717) is 5.69 Å². The molecular formula is C22H20BrF3N4O. The number of fused-ring (bicyclic) bond motifs is 1. The van der Waals surface area contributed by atoms with Gasteiger partial charge in [-0.15, -0.1) is 0 Å². The van der Waals surface area contributed by atoms with Crippen molar-refractivity contribution in [3.8, 4) is 0 Å². The molecule has 0 aliphatic carbocycles. The minimum atomic E-state index is -4.50. The number of hydrogen-bond donors (Lipinski definition) is 2. The zero-order chi connectivity index (χ0) is 22.3. The van der Waals surface area contributed by atoms with Gasteiger partial charge in [0.25, 0.3) is 5.91 Å². The summed E-state index contributed by atoms with van der Waals surface area (Å²) in [5.41, 5.74) is 3.29. The molecule has 2 N–H and O–H groups in total. The lowest BCUT2D eigenvalue weighted by Gasteiger charge is -2.33. The van der Waals surface area contributed by atoms with E-state index in [1.807, 2.05) is 26.0 Å². The van der Waals surface area contributed by atoms with Crippen LogP contribution in [0.5, 0.6) is 0 Å². The van der Waals surface area contributed by atoms with E-state index < -0.39 is 24.2 Å². The van der Waals surface area contributed by atoms with Gasteiger partial charge in [-0.25, -0.2) is 4.68 Å². The van der Waals surface area contributed by atoms with Crippen LogP contribution in [0, 0.1) is 13.8 Å². The SMILES string of the molecule is Cc1ccc(NC(=O)c2cc3n(n2)C(C(F)(F)F)CC(c2ccc(Br)cc2)N3)cc1C. The number of rotatable bonds is 3. The maximum absolute atomic E-state index is 13.8. The number of aromatic nitrogens is 2. The van der Waals surface area contributed by atoms with Gasteiger partial charge in [-0.2, -0.15) is 18.3 Å². The van der Waals surface area contributed by atoms with Crippen LogP contribution in [0.1, 0.15) is 45.7 Å². The average molecular weight is 493 g/mol. The normalized spacial score (nSPS) is 18.3. The van der Waals surface area contributed by atoms with Crippen molar-refractivity contribution in [2.75, 3.05) is 10.6 Å². The number of alkyl halides is 3. The van der Waals surface area contributed by atoms with Crippen molar-refractivity contribution < 1.29 is 18.0 Å². The molecule has 1 aliphatic heterocycles. The summed E-state index contributed by atoms with van der Waals surface area (Å²) >= 11 is 3.33. The molecule has 162 valence electrons. The van der Waals surface area contributed by atoms with Gasteiger partial charge < -0.3 is 10.6 Å². The van der Waals surface area contributed by atoms with Gasteiger partial charge in [0.15, 0.2) is 11.7 Å². The Morgan fingerprint density at radius 3 is 2.48 bits per heavy atom. The molecule has 0 spiro atoms. The third kappa shape index (κ3) is 4.46. The van der Waals surface area contributed by atoms with Gasteiger partial charge >= 0.3 is 6.18 Å². The van der Waals surface area contributed by atoms with Crippen molar-refractivity contribution >= 4 is 33.3 Å². The summed E-state index contributed by atoms with van der Waals surface area (Å²) in [6.45, 7) is 3.87. The standard InChI is InChI=1S/C22H20BrF3N4O/c1-12-3-8-16(9-13(12)2)27-21(31)18-11-20-28-17(14-4-6-15(23)7-5-14)10-19(22(24,25)26)30(20)29-18/h3-9,11,17,19,28H,10H2,1-2H3,(H,27,31). The number of hydrogen-bond acceptors (Lipinski definition) is 3. The average Bonchev–Trinajstić information content (AvgIpc) is 3.14. The largest absolute Gasteiger partial charge is 0.410 e. The van der Waals surface area contributed by atoms with Crippen LogP contribution in [-0.2, 0) is 0 Å². The molecule has 0 fully saturated rings. The van der Waals surface area contributed by atoms with Crippen molar-refractivity contribution in [2.45, 2.75) is 38.5 Å². The summed E-state index contributed by atoms with van der Waals surface area (Å²) in [6, 6.07) is 11.5. The van der Waals surface area contributed by atoms with E-state index in [0.717, 1.165) is 25.8 Å². The highest BCUT2D eigenvalue weighted by molar-refractivity contribution is 9.10. The van der Waals surface area contributed by atoms with Crippen molar-refractivity contribution in [1.82, 2.24) is 9.78 Å². The molecule has 31 heavy (non-hydrogen) atoms. The topological polar surface area (TPSA) is 59.0 Å². The number of nitrogens with zero attached hydrogens (tertiary/aromatic N) is 2. The first-order valence-electron chi connectivity index (χ1n) is 9.68. The van der Waals surface area contributed by atoms with Crippen molar-refractivity contribution in [2.24, 2.45) is 0 Å². The van der Waals surface area contributed by atoms with E-state index >= 15 is 0 Å². The summed E-state index contributed by atoms with van der Waals surface area (Å²) in [5.74, 6) is -0.403. The second-order valence-electron chi connectivity index (χ2n) is 7.65. The van der Waals surface area contributed by atoms with Gasteiger partial charge in [-0.1, -0.05) is 34.1 Å². The fourth-order valence-corrected chi connectivity index (χ4v) is 3.88. The molecule has 0 saturated heterocycles. The van der Waals surface area contributed by atoms with E-state index in [-0.39, 0.29) is 17.9 Å². The van der Waals surface area contributed by atoms with Crippen LogP contribution in [0.4, 0.5) is 24.7 Å². The number of aryl methyl sites for hydroxylation is 2. The number of amides is 1. The molecule has 0 bridgehead atoms. The molecule has 5 nitrogen and oxygen atoms in total. The van der Waals surface area contributed by atoms with E-state index in [1.54, 1.807) is 30.3 Å². The molecule has 2 atom stereocenters. The molecule has 4 rings (SSSR count). The molecule has 2 heterocycles. The van der Waals surface area contributed by atoms with Crippen LogP contribution in [-0.4, -0.2) is 21.9 Å². The number of halogens is 4. The van der Waals surface area contributed by atoms with Gasteiger partial charge in [0.2, 0.25) is 0 Å². The van der Waals surface area contributed by atoms with Crippen LogP contribution < -0.4 is 10.6 Å². The lowest BCUT2D eigenvalue weighted by Crippen LogP contribution is -2.35. The second kappa shape index (κ2) is 8.03. The van der Waals surface area contributed by atoms with Gasteiger partial charge in [-0.05, 0) is 54.8 Å². The van der Waals surface area contributed by atoms with Crippen molar-refractivity contribution in [3.63, 3.8) is 0 Å². The predicted molar refractivity (Wildman–Crippen MR) is 116 cm³/mol. The quantitative estimate of drug-likeness (QED) is 0.459. The highest BCUT2D eigenvalue weighted by atomic mass is 79.9. The molecule has 0 saturated carbocycles. The maximum atomic E-state index is 13.8. The highest BCUT2D eigenvalue weighted by Crippen LogP contribution is 2.43. The van der Waals surface area contributed by atoms with Crippen molar-refractivity contribution in [3.05, 3.63) is 75.4 Å². The molecule has 0 radical (unpaired) electrons. The second-order valence-corrected chi connectivity index (χ2v) is 8.57. The van der Waals surface area contributed by atoms with Crippen LogP contribution >= 0.6 is 15.9 Å². The van der Waals surface area contributed by atoms with Gasteiger partial charge in [0, 0.05) is 22.6 Å². The Bertz CT molecular complexity index is 1120. The number of nitrogens with one attached hydrogen (secondary N) is 2. The smallest absolute Gasteiger partial charge is 0.363 e. The number of carbonyl (C=O) groups is 1. The Morgan fingerprint density at radius 2 is 1.84 bits per heavy atom. The van der Waals surface area contributed by atoms with E-state index in [4.69, 9.17) is 0 Å². The third-order valence-corrected chi connectivity index (χ3v) is 5.99. The van der Waals surface area contributed by atoms with Crippen LogP contribution in [0.15, 0.2) is 53.0 Å². The Balaban J connectivity index is 1.63. The van der Waals surface area contributed by atoms with E-state index in [9.17, 15) is 18.0 Å². The monoisotopic (exact) mass is 492 g/mol. The summed E-state index contributed by atoms with van der Waals surface area (Å²) in [6.07, 6.45) is -4.73. The fourth-order valence-electron chi connectivity index (χ4n) is 3.61. The Hall–Kier alpha value is -2.81. The number of carbonyl (C=O) groups excluding carboxylic acids is 1. The van der Waals surface area contributed by atoms with Crippen LogP contribution in [0.3, 0.4) is 0 Å². The first-order chi connectivity index (χ1) is 14.6. The Morgan fingerprint density at radius 1 is 1.13 bits per heavy atom. The summed E-state index contributed by atoms with van der Waals surface area (Å²) in [5, 5.41) is 9.80. The minimum Gasteiger partial charge on any atom is -0.363 e. The van der Waals surface area contributed by atoms with E-state index in [2.05, 4.69) is 31.7 Å². The molecule has 2 aromatic carbocycles. The first-order valence-corrected chi connectivity index (χ1v) is 10.5. The maximum Gasteiger partial charge on any atom is 0.410 e. The number of benzene rings is 2. The number of anilines is 2. The predicted octanol–water partition coefficient (Wildman–Crippen LogP) is 6.18. The van der Waals surface area contributed by atoms with Gasteiger partial charge in [0.05, 0.1) is 6.04 Å². The summed E-state index contributed by atoms with van der Waals surface area (Å²) in [7, 11) is 0.